The highest BCUT2D eigenvalue weighted by molar-refractivity contribution is 5.70. The van der Waals surface area contributed by atoms with Crippen molar-refractivity contribution in [3.8, 4) is 0 Å². The minimum absolute atomic E-state index is 0.541. The Bertz CT molecular complexity index is 760. The number of rotatable bonds is 8. The van der Waals surface area contributed by atoms with E-state index in [-0.39, 0.29) is 0 Å². The summed E-state index contributed by atoms with van der Waals surface area (Å²) in [6, 6.07) is 0. The lowest BCUT2D eigenvalue weighted by Gasteiger charge is -2.49. The van der Waals surface area contributed by atoms with E-state index in [4.69, 9.17) is 33.2 Å². The minimum Gasteiger partial charge on any atom is -0.463 e. The van der Waals surface area contributed by atoms with Crippen LogP contribution in [0.15, 0.2) is 0 Å². The van der Waals surface area contributed by atoms with E-state index < -0.39 is 79.2 Å². The van der Waals surface area contributed by atoms with Gasteiger partial charge in [0, 0.05) is 41.5 Å². The Hall–Kier alpha value is -3.22. The zero-order chi connectivity index (χ0) is 24.6. The topological polar surface area (TPSA) is 167 Å². The molecule has 1 fully saturated rings. The van der Waals surface area contributed by atoms with Crippen molar-refractivity contribution in [3.05, 3.63) is 0 Å². The standard InChI is InChI=1S/C19H26O13/c1-9(20)26-7-15-16(28-11(3)22)17(29-12(4)23)18(30-13(5)24)19(32-15,31-14(6)25)8-27-10(2)21/h15-18H,7-8H2,1-6H3. The molecular formula is C19H26O13. The Labute approximate surface area is 183 Å². The summed E-state index contributed by atoms with van der Waals surface area (Å²) in [5, 5.41) is 0. The van der Waals surface area contributed by atoms with Crippen LogP contribution in [-0.4, -0.2) is 79.2 Å². The van der Waals surface area contributed by atoms with Crippen LogP contribution in [0.25, 0.3) is 0 Å². The van der Waals surface area contributed by atoms with Crippen LogP contribution < -0.4 is 0 Å². The molecule has 5 unspecified atom stereocenters. The molecule has 13 nitrogen and oxygen atoms in total. The molecule has 0 aromatic heterocycles. The first-order valence-electron chi connectivity index (χ1n) is 9.43. The summed E-state index contributed by atoms with van der Waals surface area (Å²) >= 11 is 0. The van der Waals surface area contributed by atoms with Crippen molar-refractivity contribution in [1.29, 1.82) is 0 Å². The molecule has 1 heterocycles. The summed E-state index contributed by atoms with van der Waals surface area (Å²) < 4.78 is 36.6. The normalized spacial score (nSPS) is 26.8. The van der Waals surface area contributed by atoms with Gasteiger partial charge in [-0.2, -0.15) is 0 Å². The van der Waals surface area contributed by atoms with E-state index in [0.717, 1.165) is 41.5 Å². The molecule has 0 N–H and O–H groups in total. The second-order valence-electron chi connectivity index (χ2n) is 6.82. The third-order valence-electron chi connectivity index (χ3n) is 3.91. The smallest absolute Gasteiger partial charge is 0.305 e. The van der Waals surface area contributed by atoms with Crippen molar-refractivity contribution in [3.63, 3.8) is 0 Å². The van der Waals surface area contributed by atoms with Gasteiger partial charge in [-0.1, -0.05) is 0 Å². The van der Waals surface area contributed by atoms with Gasteiger partial charge < -0.3 is 33.2 Å². The van der Waals surface area contributed by atoms with E-state index in [1.807, 2.05) is 0 Å². The average Bonchev–Trinajstić information content (AvgIpc) is 2.62. The van der Waals surface area contributed by atoms with Crippen molar-refractivity contribution in [2.24, 2.45) is 0 Å². The van der Waals surface area contributed by atoms with Crippen LogP contribution in [0.4, 0.5) is 0 Å². The van der Waals surface area contributed by atoms with Gasteiger partial charge in [0.25, 0.3) is 5.79 Å². The highest BCUT2D eigenvalue weighted by atomic mass is 16.8. The lowest BCUT2D eigenvalue weighted by atomic mass is 9.91. The number of esters is 6. The summed E-state index contributed by atoms with van der Waals surface area (Å²) in [6.07, 6.45) is -6.16. The van der Waals surface area contributed by atoms with Gasteiger partial charge in [-0.15, -0.1) is 0 Å². The fourth-order valence-electron chi connectivity index (χ4n) is 3.02. The second kappa shape index (κ2) is 11.4. The van der Waals surface area contributed by atoms with Gasteiger partial charge in [0.1, 0.15) is 12.7 Å². The molecule has 0 radical (unpaired) electrons. The zero-order valence-electron chi connectivity index (χ0n) is 18.5. The van der Waals surface area contributed by atoms with Crippen LogP contribution >= 0.6 is 0 Å². The van der Waals surface area contributed by atoms with E-state index in [2.05, 4.69) is 0 Å². The number of carbonyl (C=O) groups is 6. The number of hydrogen-bond acceptors (Lipinski definition) is 13. The Kier molecular flexibility index (Phi) is 9.56. The summed E-state index contributed by atoms with van der Waals surface area (Å²) in [6.45, 7) is 4.94. The first-order chi connectivity index (χ1) is 14.8. The Morgan fingerprint density at radius 1 is 0.656 bits per heavy atom. The summed E-state index contributed by atoms with van der Waals surface area (Å²) in [7, 11) is 0. The maximum absolute atomic E-state index is 11.9. The van der Waals surface area contributed by atoms with Gasteiger partial charge in [0.15, 0.2) is 18.8 Å². The van der Waals surface area contributed by atoms with E-state index in [1.54, 1.807) is 0 Å². The molecule has 1 rings (SSSR count). The van der Waals surface area contributed by atoms with E-state index in [0.29, 0.717) is 0 Å². The number of ether oxygens (including phenoxy) is 7. The van der Waals surface area contributed by atoms with Crippen LogP contribution in [0.5, 0.6) is 0 Å². The van der Waals surface area contributed by atoms with Gasteiger partial charge in [-0.25, -0.2) is 0 Å². The quantitative estimate of drug-likeness (QED) is 0.337. The van der Waals surface area contributed by atoms with E-state index in [1.165, 1.54) is 0 Å². The highest BCUT2D eigenvalue weighted by Crippen LogP contribution is 2.37. The molecule has 0 aromatic carbocycles. The third-order valence-corrected chi connectivity index (χ3v) is 3.91. The fraction of sp³-hybridized carbons (Fsp3) is 0.684. The molecular weight excluding hydrogens is 436 g/mol. The Morgan fingerprint density at radius 3 is 1.59 bits per heavy atom. The third kappa shape index (κ3) is 7.80. The largest absolute Gasteiger partial charge is 0.463 e. The van der Waals surface area contributed by atoms with E-state index in [9.17, 15) is 28.8 Å². The average molecular weight is 462 g/mol. The first kappa shape index (κ1) is 26.8. The summed E-state index contributed by atoms with van der Waals surface area (Å²) in [5.74, 6) is -7.40. The molecule has 32 heavy (non-hydrogen) atoms. The minimum atomic E-state index is -2.33. The Balaban J connectivity index is 3.65. The van der Waals surface area contributed by atoms with Gasteiger partial charge in [0.05, 0.1) is 0 Å². The lowest BCUT2D eigenvalue weighted by Crippen LogP contribution is -2.70. The highest BCUT2D eigenvalue weighted by Gasteiger charge is 2.63. The maximum atomic E-state index is 11.9. The van der Waals surface area contributed by atoms with Crippen LogP contribution in [-0.2, 0) is 61.9 Å². The first-order valence-corrected chi connectivity index (χ1v) is 9.43. The molecule has 13 heteroatoms. The van der Waals surface area contributed by atoms with Gasteiger partial charge in [-0.3, -0.25) is 28.8 Å². The van der Waals surface area contributed by atoms with Crippen molar-refractivity contribution < 1.29 is 61.9 Å². The van der Waals surface area contributed by atoms with Crippen molar-refractivity contribution in [2.45, 2.75) is 71.7 Å². The monoisotopic (exact) mass is 462 g/mol. The molecule has 180 valence electrons. The SMILES string of the molecule is CC(=O)OCC1OC(COC(C)=O)(OC(C)=O)C(OC(C)=O)C(OC(C)=O)C1OC(C)=O. The van der Waals surface area contributed by atoms with Crippen LogP contribution in [0.1, 0.15) is 41.5 Å². The lowest BCUT2D eigenvalue weighted by molar-refractivity contribution is -0.361. The van der Waals surface area contributed by atoms with Gasteiger partial charge in [0.2, 0.25) is 6.10 Å². The number of carbonyl (C=O) groups excluding carboxylic acids is 6. The van der Waals surface area contributed by atoms with Crippen molar-refractivity contribution in [1.82, 2.24) is 0 Å². The molecule has 5 atom stereocenters. The molecule has 1 aliphatic rings. The van der Waals surface area contributed by atoms with Crippen LogP contribution in [0.2, 0.25) is 0 Å². The van der Waals surface area contributed by atoms with Crippen LogP contribution in [0.3, 0.4) is 0 Å². The molecule has 1 aliphatic heterocycles. The van der Waals surface area contributed by atoms with Crippen molar-refractivity contribution in [2.75, 3.05) is 13.2 Å². The van der Waals surface area contributed by atoms with E-state index >= 15 is 0 Å². The van der Waals surface area contributed by atoms with Gasteiger partial charge in [-0.05, 0) is 0 Å². The fourth-order valence-corrected chi connectivity index (χ4v) is 3.02. The molecule has 0 bridgehead atoms. The van der Waals surface area contributed by atoms with Crippen molar-refractivity contribution >= 4 is 35.8 Å². The van der Waals surface area contributed by atoms with Gasteiger partial charge >= 0.3 is 35.8 Å². The molecule has 0 amide bonds. The molecule has 0 aliphatic carbocycles. The zero-order valence-corrected chi connectivity index (χ0v) is 18.5. The number of hydrogen-bond donors (Lipinski definition) is 0. The molecule has 0 aromatic rings. The predicted molar refractivity (Wildman–Crippen MR) is 99.3 cm³/mol. The second-order valence-corrected chi connectivity index (χ2v) is 6.82. The van der Waals surface area contributed by atoms with Crippen LogP contribution in [0, 0.1) is 0 Å². The molecule has 0 spiro atoms. The molecule has 1 saturated heterocycles. The predicted octanol–water partition coefficient (Wildman–Crippen LogP) is -0.434. The summed E-state index contributed by atoms with van der Waals surface area (Å²) in [5.41, 5.74) is 0. The molecule has 0 saturated carbocycles. The summed E-state index contributed by atoms with van der Waals surface area (Å²) in [4.78, 5) is 70.1. The Morgan fingerprint density at radius 2 is 1.16 bits per heavy atom. The maximum Gasteiger partial charge on any atom is 0.305 e.